The smallest absolute Gasteiger partial charge is 0.124 e. The second-order valence-corrected chi connectivity index (χ2v) is 5.41. The van der Waals surface area contributed by atoms with Crippen LogP contribution in [0.3, 0.4) is 0 Å². The molecule has 2 N–H and O–H groups in total. The predicted molar refractivity (Wildman–Crippen MR) is 90.1 cm³/mol. The molecule has 2 aromatic rings. The minimum absolute atomic E-state index is 0.187. The molecule has 4 nitrogen and oxygen atoms in total. The molecule has 0 fully saturated rings. The largest absolute Gasteiger partial charge is 0.507 e. The Labute approximate surface area is 130 Å². The molecule has 0 aliphatic rings. The van der Waals surface area contributed by atoms with Gasteiger partial charge in [0.25, 0.3) is 0 Å². The van der Waals surface area contributed by atoms with Crippen molar-refractivity contribution in [2.24, 2.45) is 10.2 Å². The molecule has 0 saturated heterocycles. The Bertz CT molecular complexity index is 696. The van der Waals surface area contributed by atoms with Crippen LogP contribution in [0.1, 0.15) is 36.1 Å². The SMILES string of the molecule is C/C(=N/N=C(/C)c1ccc(C)cc1O)c1ccc(C)cc1O. The van der Waals surface area contributed by atoms with Crippen LogP contribution in [0, 0.1) is 13.8 Å². The van der Waals surface area contributed by atoms with E-state index in [2.05, 4.69) is 10.2 Å². The quantitative estimate of drug-likeness (QED) is 0.665. The van der Waals surface area contributed by atoms with Crippen molar-refractivity contribution < 1.29 is 10.2 Å². The summed E-state index contributed by atoms with van der Waals surface area (Å²) in [7, 11) is 0. The highest BCUT2D eigenvalue weighted by Gasteiger charge is 2.06. The van der Waals surface area contributed by atoms with Gasteiger partial charge in [0.2, 0.25) is 0 Å². The van der Waals surface area contributed by atoms with E-state index in [1.54, 1.807) is 26.0 Å². The third-order valence-electron chi connectivity index (χ3n) is 3.44. The lowest BCUT2D eigenvalue weighted by Crippen LogP contribution is -1.98. The van der Waals surface area contributed by atoms with Crippen molar-refractivity contribution in [3.63, 3.8) is 0 Å². The van der Waals surface area contributed by atoms with E-state index < -0.39 is 0 Å². The van der Waals surface area contributed by atoms with E-state index in [-0.39, 0.29) is 11.5 Å². The van der Waals surface area contributed by atoms with Crippen LogP contribution in [-0.2, 0) is 0 Å². The summed E-state index contributed by atoms with van der Waals surface area (Å²) >= 11 is 0. The minimum Gasteiger partial charge on any atom is -0.507 e. The summed E-state index contributed by atoms with van der Waals surface area (Å²) in [6.45, 7) is 7.41. The van der Waals surface area contributed by atoms with Crippen LogP contribution in [0.15, 0.2) is 46.6 Å². The molecule has 2 aromatic carbocycles. The van der Waals surface area contributed by atoms with Crippen LogP contribution >= 0.6 is 0 Å². The van der Waals surface area contributed by atoms with E-state index in [4.69, 9.17) is 0 Å². The monoisotopic (exact) mass is 296 g/mol. The Morgan fingerprint density at radius 3 is 1.41 bits per heavy atom. The number of nitrogens with zero attached hydrogens (tertiary/aromatic N) is 2. The van der Waals surface area contributed by atoms with Gasteiger partial charge >= 0.3 is 0 Å². The summed E-state index contributed by atoms with van der Waals surface area (Å²) in [5, 5.41) is 28.2. The van der Waals surface area contributed by atoms with Gasteiger partial charge in [-0.1, -0.05) is 12.1 Å². The van der Waals surface area contributed by atoms with Gasteiger partial charge < -0.3 is 10.2 Å². The van der Waals surface area contributed by atoms with Gasteiger partial charge in [-0.05, 0) is 63.1 Å². The van der Waals surface area contributed by atoms with E-state index in [0.29, 0.717) is 22.6 Å². The maximum Gasteiger partial charge on any atom is 0.124 e. The zero-order valence-electron chi connectivity index (χ0n) is 13.3. The molecule has 0 radical (unpaired) electrons. The molecule has 114 valence electrons. The van der Waals surface area contributed by atoms with Crippen molar-refractivity contribution in [3.05, 3.63) is 58.7 Å². The number of aromatic hydroxyl groups is 2. The van der Waals surface area contributed by atoms with Gasteiger partial charge in [-0.3, -0.25) is 0 Å². The molecule has 22 heavy (non-hydrogen) atoms. The topological polar surface area (TPSA) is 65.2 Å². The fraction of sp³-hybridized carbons (Fsp3) is 0.222. The molecule has 0 heterocycles. The van der Waals surface area contributed by atoms with E-state index in [0.717, 1.165) is 11.1 Å². The van der Waals surface area contributed by atoms with Crippen molar-refractivity contribution in [1.29, 1.82) is 0 Å². The summed E-state index contributed by atoms with van der Waals surface area (Å²) in [6.07, 6.45) is 0. The standard InChI is InChI=1S/C18H20N2O2/c1-11-5-7-15(17(21)9-11)13(3)19-20-14(4)16-8-6-12(2)10-18(16)22/h5-10,21-22H,1-4H3/b19-13-,20-14-. The normalized spacial score (nSPS) is 12.5. The molecule has 0 unspecified atom stereocenters. The minimum atomic E-state index is 0.187. The highest BCUT2D eigenvalue weighted by Crippen LogP contribution is 2.21. The molecule has 0 spiro atoms. The average Bonchev–Trinajstić information content (AvgIpc) is 2.44. The molecule has 0 atom stereocenters. The average molecular weight is 296 g/mol. The number of phenolic OH excluding ortho intramolecular Hbond substituents is 2. The number of aryl methyl sites for hydroxylation is 2. The van der Waals surface area contributed by atoms with Gasteiger partial charge in [-0.2, -0.15) is 10.2 Å². The lowest BCUT2D eigenvalue weighted by Gasteiger charge is -2.05. The number of rotatable bonds is 3. The van der Waals surface area contributed by atoms with Gasteiger partial charge in [0.1, 0.15) is 11.5 Å². The summed E-state index contributed by atoms with van der Waals surface area (Å²) < 4.78 is 0. The van der Waals surface area contributed by atoms with Gasteiger partial charge in [-0.25, -0.2) is 0 Å². The first-order chi connectivity index (χ1) is 10.4. The van der Waals surface area contributed by atoms with E-state index in [1.165, 1.54) is 0 Å². The van der Waals surface area contributed by atoms with Gasteiger partial charge in [0, 0.05) is 11.1 Å². The Kier molecular flexibility index (Phi) is 4.61. The molecule has 0 aliphatic carbocycles. The Balaban J connectivity index is 2.32. The van der Waals surface area contributed by atoms with E-state index in [9.17, 15) is 10.2 Å². The molecule has 0 bridgehead atoms. The zero-order valence-corrected chi connectivity index (χ0v) is 13.3. The van der Waals surface area contributed by atoms with Crippen LogP contribution in [0.2, 0.25) is 0 Å². The first-order valence-corrected chi connectivity index (χ1v) is 7.07. The third-order valence-corrected chi connectivity index (χ3v) is 3.44. The molecule has 2 rings (SSSR count). The van der Waals surface area contributed by atoms with Crippen molar-refractivity contribution in [2.45, 2.75) is 27.7 Å². The lowest BCUT2D eigenvalue weighted by atomic mass is 10.1. The van der Waals surface area contributed by atoms with Crippen LogP contribution in [-0.4, -0.2) is 21.6 Å². The predicted octanol–water partition coefficient (Wildman–Crippen LogP) is 3.95. The van der Waals surface area contributed by atoms with Gasteiger partial charge in [0.05, 0.1) is 11.4 Å². The first-order valence-electron chi connectivity index (χ1n) is 7.07. The van der Waals surface area contributed by atoms with Gasteiger partial charge in [-0.15, -0.1) is 0 Å². The van der Waals surface area contributed by atoms with E-state index in [1.807, 2.05) is 38.1 Å². The number of benzene rings is 2. The van der Waals surface area contributed by atoms with E-state index >= 15 is 0 Å². The fourth-order valence-corrected chi connectivity index (χ4v) is 2.15. The number of hydrogen-bond donors (Lipinski definition) is 2. The van der Waals surface area contributed by atoms with Crippen LogP contribution in [0.5, 0.6) is 11.5 Å². The second-order valence-electron chi connectivity index (χ2n) is 5.41. The zero-order chi connectivity index (χ0) is 16.3. The van der Waals surface area contributed by atoms with Crippen LogP contribution in [0.4, 0.5) is 0 Å². The maximum absolute atomic E-state index is 9.95. The second kappa shape index (κ2) is 6.43. The number of phenols is 2. The molecule has 0 aromatic heterocycles. The Morgan fingerprint density at radius 2 is 1.09 bits per heavy atom. The molecule has 0 aliphatic heterocycles. The summed E-state index contributed by atoms with van der Waals surface area (Å²) in [5.74, 6) is 0.375. The fourth-order valence-electron chi connectivity index (χ4n) is 2.15. The Hall–Kier alpha value is -2.62. The first kappa shape index (κ1) is 15.8. The molecular weight excluding hydrogens is 276 g/mol. The Morgan fingerprint density at radius 1 is 0.727 bits per heavy atom. The summed E-state index contributed by atoms with van der Waals surface area (Å²) in [6, 6.07) is 10.8. The van der Waals surface area contributed by atoms with Crippen LogP contribution < -0.4 is 0 Å². The highest BCUT2D eigenvalue weighted by atomic mass is 16.3. The molecule has 0 saturated carbocycles. The molecule has 0 amide bonds. The summed E-state index contributed by atoms with van der Waals surface area (Å²) in [4.78, 5) is 0. The van der Waals surface area contributed by atoms with Crippen molar-refractivity contribution >= 4 is 11.4 Å². The maximum atomic E-state index is 9.95. The summed E-state index contributed by atoms with van der Waals surface area (Å²) in [5.41, 5.74) is 4.49. The van der Waals surface area contributed by atoms with Crippen molar-refractivity contribution in [1.82, 2.24) is 0 Å². The lowest BCUT2D eigenvalue weighted by molar-refractivity contribution is 0.473. The molecular formula is C18H20N2O2. The number of hydrogen-bond acceptors (Lipinski definition) is 4. The highest BCUT2D eigenvalue weighted by molar-refractivity contribution is 6.04. The molecule has 4 heteroatoms. The van der Waals surface area contributed by atoms with Crippen molar-refractivity contribution in [2.75, 3.05) is 0 Å². The van der Waals surface area contributed by atoms with Gasteiger partial charge in [0.15, 0.2) is 0 Å². The van der Waals surface area contributed by atoms with Crippen molar-refractivity contribution in [3.8, 4) is 11.5 Å². The van der Waals surface area contributed by atoms with Crippen LogP contribution in [0.25, 0.3) is 0 Å². The third kappa shape index (κ3) is 3.52.